The second kappa shape index (κ2) is 5.86. The highest BCUT2D eigenvalue weighted by Gasteiger charge is 2.33. The minimum Gasteiger partial charge on any atom is -0.388 e. The molecule has 0 radical (unpaired) electrons. The number of halogens is 1. The van der Waals surface area contributed by atoms with Crippen LogP contribution in [0.15, 0.2) is 12.1 Å². The van der Waals surface area contributed by atoms with Gasteiger partial charge in [-0.1, -0.05) is 24.9 Å². The maximum Gasteiger partial charge on any atom is 0.254 e. The number of aromatic nitrogens is 1. The lowest BCUT2D eigenvalue weighted by Crippen LogP contribution is -2.30. The predicted octanol–water partition coefficient (Wildman–Crippen LogP) is 0.865. The van der Waals surface area contributed by atoms with Gasteiger partial charge in [-0.15, -0.1) is 0 Å². The van der Waals surface area contributed by atoms with Crippen molar-refractivity contribution in [2.45, 2.75) is 32.0 Å². The van der Waals surface area contributed by atoms with Crippen LogP contribution in [0.2, 0.25) is 5.15 Å². The summed E-state index contributed by atoms with van der Waals surface area (Å²) >= 11 is 5.91. The van der Waals surface area contributed by atoms with Crippen LogP contribution in [0.4, 0.5) is 0 Å². The van der Waals surface area contributed by atoms with Gasteiger partial charge in [0.05, 0.1) is 12.2 Å². The van der Waals surface area contributed by atoms with Crippen LogP contribution in [0.3, 0.4) is 0 Å². The number of aliphatic hydroxyl groups is 2. The van der Waals surface area contributed by atoms with Crippen LogP contribution < -0.4 is 0 Å². The van der Waals surface area contributed by atoms with Gasteiger partial charge in [0.1, 0.15) is 5.15 Å². The number of likely N-dealkylation sites (tertiary alicyclic amines) is 1. The molecule has 104 valence electrons. The molecule has 2 atom stereocenters. The molecule has 2 unspecified atom stereocenters. The van der Waals surface area contributed by atoms with E-state index in [0.29, 0.717) is 5.56 Å². The van der Waals surface area contributed by atoms with Crippen molar-refractivity contribution in [3.05, 3.63) is 28.5 Å². The minimum absolute atomic E-state index is 0.142. The summed E-state index contributed by atoms with van der Waals surface area (Å²) < 4.78 is 0. The van der Waals surface area contributed by atoms with Gasteiger partial charge in [-0.25, -0.2) is 4.98 Å². The predicted molar refractivity (Wildman–Crippen MR) is 71.2 cm³/mol. The topological polar surface area (TPSA) is 73.7 Å². The largest absolute Gasteiger partial charge is 0.388 e. The molecular weight excluding hydrogens is 268 g/mol. The first-order valence-corrected chi connectivity index (χ1v) is 6.71. The van der Waals surface area contributed by atoms with Crippen molar-refractivity contribution in [3.63, 3.8) is 0 Å². The average molecular weight is 285 g/mol. The second-order valence-corrected chi connectivity index (χ2v) is 5.15. The molecule has 0 saturated carbocycles. The van der Waals surface area contributed by atoms with Crippen LogP contribution in [-0.4, -0.2) is 51.3 Å². The average Bonchev–Trinajstić information content (AvgIpc) is 2.68. The van der Waals surface area contributed by atoms with Gasteiger partial charge in [0, 0.05) is 24.3 Å². The fourth-order valence-electron chi connectivity index (χ4n) is 2.18. The van der Waals surface area contributed by atoms with Gasteiger partial charge < -0.3 is 15.1 Å². The lowest BCUT2D eigenvalue weighted by molar-refractivity contribution is 0.0572. The molecular formula is C13H17ClN2O3. The minimum atomic E-state index is -0.878. The Hall–Kier alpha value is -1.17. The Morgan fingerprint density at radius 2 is 2.05 bits per heavy atom. The highest BCUT2D eigenvalue weighted by molar-refractivity contribution is 6.29. The molecule has 2 heterocycles. The lowest BCUT2D eigenvalue weighted by atomic mass is 10.1. The molecule has 2 N–H and O–H groups in total. The van der Waals surface area contributed by atoms with Gasteiger partial charge in [-0.3, -0.25) is 4.79 Å². The molecule has 6 heteroatoms. The summed E-state index contributed by atoms with van der Waals surface area (Å²) in [4.78, 5) is 17.8. The molecule has 2 rings (SSSR count). The third kappa shape index (κ3) is 3.23. The van der Waals surface area contributed by atoms with Gasteiger partial charge in [-0.05, 0) is 18.6 Å². The molecule has 1 amide bonds. The summed E-state index contributed by atoms with van der Waals surface area (Å²) in [6.07, 6.45) is -0.0819. The number of carbonyl (C=O) groups is 1. The van der Waals surface area contributed by atoms with E-state index in [9.17, 15) is 15.0 Å². The van der Waals surface area contributed by atoms with Gasteiger partial charge in [0.25, 0.3) is 5.91 Å². The van der Waals surface area contributed by atoms with Crippen molar-refractivity contribution in [2.24, 2.45) is 0 Å². The van der Waals surface area contributed by atoms with E-state index >= 15 is 0 Å². The molecule has 0 aromatic carbocycles. The highest BCUT2D eigenvalue weighted by atomic mass is 35.5. The first-order valence-electron chi connectivity index (χ1n) is 6.33. The summed E-state index contributed by atoms with van der Waals surface area (Å²) in [5.74, 6) is -0.239. The SMILES string of the molecule is CCCc1cc(C(=O)N2CC(O)C(O)C2)cc(Cl)n1. The smallest absolute Gasteiger partial charge is 0.254 e. The van der Waals surface area contributed by atoms with E-state index in [1.165, 1.54) is 11.0 Å². The molecule has 5 nitrogen and oxygen atoms in total. The van der Waals surface area contributed by atoms with Gasteiger partial charge in [0.15, 0.2) is 0 Å². The summed E-state index contributed by atoms with van der Waals surface area (Å²) in [7, 11) is 0. The standard InChI is InChI=1S/C13H17ClN2O3/c1-2-3-9-4-8(5-12(14)15-9)13(19)16-6-10(17)11(18)7-16/h4-5,10-11,17-18H,2-3,6-7H2,1H3. The van der Waals surface area contributed by atoms with Gasteiger partial charge >= 0.3 is 0 Å². The molecule has 0 bridgehead atoms. The third-order valence-electron chi connectivity index (χ3n) is 3.15. The van der Waals surface area contributed by atoms with E-state index in [-0.39, 0.29) is 24.1 Å². The van der Waals surface area contributed by atoms with E-state index in [0.717, 1.165) is 18.5 Å². The number of rotatable bonds is 3. The zero-order chi connectivity index (χ0) is 14.0. The van der Waals surface area contributed by atoms with Crippen LogP contribution in [0, 0.1) is 0 Å². The Balaban J connectivity index is 2.19. The van der Waals surface area contributed by atoms with E-state index < -0.39 is 12.2 Å². The number of aliphatic hydroxyl groups excluding tert-OH is 2. The molecule has 19 heavy (non-hydrogen) atoms. The van der Waals surface area contributed by atoms with Crippen LogP contribution in [0.1, 0.15) is 29.4 Å². The van der Waals surface area contributed by atoms with E-state index in [1.54, 1.807) is 6.07 Å². The number of nitrogens with zero attached hydrogens (tertiary/aromatic N) is 2. The molecule has 1 aliphatic rings. The normalized spacial score (nSPS) is 22.8. The van der Waals surface area contributed by atoms with Crippen LogP contribution >= 0.6 is 11.6 Å². The molecule has 1 fully saturated rings. The number of hydrogen-bond donors (Lipinski definition) is 2. The third-order valence-corrected chi connectivity index (χ3v) is 3.34. The van der Waals surface area contributed by atoms with Crippen molar-refractivity contribution in [3.8, 4) is 0 Å². The maximum atomic E-state index is 12.3. The molecule has 1 aromatic heterocycles. The molecule has 0 aliphatic carbocycles. The maximum absolute atomic E-state index is 12.3. The van der Waals surface area contributed by atoms with Gasteiger partial charge in [-0.2, -0.15) is 0 Å². The number of carbonyl (C=O) groups excluding carboxylic acids is 1. The zero-order valence-corrected chi connectivity index (χ0v) is 11.5. The summed E-state index contributed by atoms with van der Waals surface area (Å²) in [5.41, 5.74) is 1.23. The summed E-state index contributed by atoms with van der Waals surface area (Å²) in [5, 5.41) is 19.2. The molecule has 1 aromatic rings. The van der Waals surface area contributed by atoms with E-state index in [1.807, 2.05) is 6.92 Å². The summed E-state index contributed by atoms with van der Waals surface area (Å²) in [6, 6.07) is 3.23. The number of hydrogen-bond acceptors (Lipinski definition) is 4. The van der Waals surface area contributed by atoms with Crippen molar-refractivity contribution in [2.75, 3.05) is 13.1 Å². The van der Waals surface area contributed by atoms with Crippen molar-refractivity contribution >= 4 is 17.5 Å². The zero-order valence-electron chi connectivity index (χ0n) is 10.7. The number of amides is 1. The number of β-amino-alcohol motifs (C(OH)–C–C–N with tert-alkyl or cyclic N) is 2. The quantitative estimate of drug-likeness (QED) is 0.808. The van der Waals surface area contributed by atoms with Crippen LogP contribution in [-0.2, 0) is 6.42 Å². The molecule has 1 aliphatic heterocycles. The Kier molecular flexibility index (Phi) is 4.39. The van der Waals surface area contributed by atoms with Crippen molar-refractivity contribution in [1.29, 1.82) is 0 Å². The fourth-order valence-corrected chi connectivity index (χ4v) is 2.40. The Morgan fingerprint density at radius 1 is 1.42 bits per heavy atom. The van der Waals surface area contributed by atoms with Gasteiger partial charge in [0.2, 0.25) is 0 Å². The number of pyridine rings is 1. The van der Waals surface area contributed by atoms with Crippen LogP contribution in [0.25, 0.3) is 0 Å². The monoisotopic (exact) mass is 284 g/mol. The highest BCUT2D eigenvalue weighted by Crippen LogP contribution is 2.18. The first-order chi connectivity index (χ1) is 9.01. The van der Waals surface area contributed by atoms with E-state index in [2.05, 4.69) is 4.98 Å². The first kappa shape index (κ1) is 14.2. The van der Waals surface area contributed by atoms with E-state index in [4.69, 9.17) is 11.6 Å². The Morgan fingerprint density at radius 3 is 2.63 bits per heavy atom. The van der Waals surface area contributed by atoms with Crippen molar-refractivity contribution in [1.82, 2.24) is 9.88 Å². The lowest BCUT2D eigenvalue weighted by Gasteiger charge is -2.16. The summed E-state index contributed by atoms with van der Waals surface area (Å²) in [6.45, 7) is 2.31. The Bertz CT molecular complexity index is 471. The molecule has 1 saturated heterocycles. The number of aryl methyl sites for hydroxylation is 1. The molecule has 0 spiro atoms. The van der Waals surface area contributed by atoms with Crippen LogP contribution in [0.5, 0.6) is 0 Å². The second-order valence-electron chi connectivity index (χ2n) is 4.76. The fraction of sp³-hybridized carbons (Fsp3) is 0.538. The van der Waals surface area contributed by atoms with Crippen molar-refractivity contribution < 1.29 is 15.0 Å². The Labute approximate surface area is 116 Å².